The molecule has 0 spiro atoms. The fourth-order valence-electron chi connectivity index (χ4n) is 3.53. The van der Waals surface area contributed by atoms with Crippen molar-refractivity contribution in [3.8, 4) is 0 Å². The summed E-state index contributed by atoms with van der Waals surface area (Å²) in [4.78, 5) is 37.4. The predicted molar refractivity (Wildman–Crippen MR) is 82.0 cm³/mol. The molecule has 1 unspecified atom stereocenters. The number of ether oxygens (including phenoxy) is 1. The number of hydrogen-bond acceptors (Lipinski definition) is 5. The Morgan fingerprint density at radius 1 is 1.30 bits per heavy atom. The lowest BCUT2D eigenvalue weighted by Crippen LogP contribution is -2.44. The molecule has 23 heavy (non-hydrogen) atoms. The number of nitrogens with zero attached hydrogens (tertiary/aromatic N) is 4. The third-order valence-electron chi connectivity index (χ3n) is 4.73. The molecule has 2 aliphatic rings. The number of carbonyl (C=O) groups excluding carboxylic acids is 1. The molecule has 2 aromatic rings. The first-order valence-corrected chi connectivity index (χ1v) is 8.04. The van der Waals surface area contributed by atoms with Crippen molar-refractivity contribution in [1.29, 1.82) is 0 Å². The van der Waals surface area contributed by atoms with Crippen LogP contribution >= 0.6 is 0 Å². The monoisotopic (exact) mass is 317 g/mol. The van der Waals surface area contributed by atoms with E-state index in [4.69, 9.17) is 4.74 Å². The van der Waals surface area contributed by atoms with E-state index < -0.39 is 0 Å². The van der Waals surface area contributed by atoms with E-state index in [0.717, 1.165) is 25.7 Å². The zero-order chi connectivity index (χ0) is 15.8. The molecule has 4 heterocycles. The van der Waals surface area contributed by atoms with E-state index in [-0.39, 0.29) is 23.7 Å². The van der Waals surface area contributed by atoms with E-state index in [9.17, 15) is 9.59 Å². The molecular weight excluding hydrogens is 298 g/mol. The fraction of sp³-hybridized carbons (Fsp3) is 0.600. The van der Waals surface area contributed by atoms with Crippen LogP contribution in [0.25, 0.3) is 11.2 Å². The minimum atomic E-state index is -0.268. The molecule has 0 saturated carbocycles. The number of nitrogens with one attached hydrogen (secondary N) is 1. The van der Waals surface area contributed by atoms with Gasteiger partial charge in [-0.05, 0) is 25.7 Å². The van der Waals surface area contributed by atoms with Crippen molar-refractivity contribution in [3.05, 3.63) is 23.0 Å². The molecule has 122 valence electrons. The van der Waals surface area contributed by atoms with Crippen LogP contribution in [0.2, 0.25) is 0 Å². The molecule has 0 radical (unpaired) electrons. The first-order valence-electron chi connectivity index (χ1n) is 8.04. The topological polar surface area (TPSA) is 93.1 Å². The van der Waals surface area contributed by atoms with Crippen LogP contribution < -0.4 is 5.69 Å². The molecule has 2 aromatic heterocycles. The van der Waals surface area contributed by atoms with E-state index in [0.29, 0.717) is 30.9 Å². The van der Waals surface area contributed by atoms with Crippen molar-refractivity contribution in [3.63, 3.8) is 0 Å². The molecule has 1 amide bonds. The summed E-state index contributed by atoms with van der Waals surface area (Å²) in [6.45, 7) is 1.97. The SMILES string of the molecule is O=C(C1CCCO1)N1CCC(n2c(=O)[nH]c3cncnc32)CC1. The Morgan fingerprint density at radius 2 is 2.13 bits per heavy atom. The Bertz CT molecular complexity index is 769. The summed E-state index contributed by atoms with van der Waals surface area (Å²) in [6.07, 6.45) is 6.05. The number of piperidine rings is 1. The Kier molecular flexibility index (Phi) is 3.60. The number of hydrogen-bond donors (Lipinski definition) is 1. The first-order chi connectivity index (χ1) is 11.2. The quantitative estimate of drug-likeness (QED) is 0.868. The van der Waals surface area contributed by atoms with Crippen LogP contribution in [0.1, 0.15) is 31.7 Å². The second kappa shape index (κ2) is 5.77. The summed E-state index contributed by atoms with van der Waals surface area (Å²) in [5, 5.41) is 0. The summed E-state index contributed by atoms with van der Waals surface area (Å²) in [5.41, 5.74) is 1.12. The van der Waals surface area contributed by atoms with Crippen LogP contribution in [-0.2, 0) is 9.53 Å². The van der Waals surface area contributed by atoms with Crippen molar-refractivity contribution in [2.24, 2.45) is 0 Å². The van der Waals surface area contributed by atoms with E-state index in [1.165, 1.54) is 6.33 Å². The minimum Gasteiger partial charge on any atom is -0.368 e. The average molecular weight is 317 g/mol. The van der Waals surface area contributed by atoms with Crippen LogP contribution in [-0.4, -0.2) is 56.1 Å². The Hall–Kier alpha value is -2.22. The number of amides is 1. The van der Waals surface area contributed by atoms with Crippen molar-refractivity contribution in [2.75, 3.05) is 19.7 Å². The normalized spacial score (nSPS) is 22.8. The molecule has 2 saturated heterocycles. The highest BCUT2D eigenvalue weighted by Gasteiger charge is 2.32. The van der Waals surface area contributed by atoms with E-state index in [2.05, 4.69) is 15.0 Å². The molecule has 0 aromatic carbocycles. The number of carbonyl (C=O) groups is 1. The maximum atomic E-state index is 12.4. The predicted octanol–water partition coefficient (Wildman–Crippen LogP) is 0.462. The average Bonchev–Trinajstić information content (AvgIpc) is 3.21. The lowest BCUT2D eigenvalue weighted by molar-refractivity contribution is -0.142. The molecule has 2 aliphatic heterocycles. The van der Waals surface area contributed by atoms with Crippen molar-refractivity contribution in [1.82, 2.24) is 24.4 Å². The minimum absolute atomic E-state index is 0.0553. The van der Waals surface area contributed by atoms with Crippen LogP contribution in [0.3, 0.4) is 0 Å². The van der Waals surface area contributed by atoms with Crippen LogP contribution in [0, 0.1) is 0 Å². The summed E-state index contributed by atoms with van der Waals surface area (Å²) < 4.78 is 7.17. The molecule has 1 atom stereocenters. The Labute approximate surface area is 132 Å². The number of aromatic amines is 1. The summed E-state index contributed by atoms with van der Waals surface area (Å²) in [6, 6.07) is 0.0553. The van der Waals surface area contributed by atoms with Gasteiger partial charge in [0.1, 0.15) is 17.9 Å². The standard InChI is InChI=1S/C15H19N5O3/c21-14(12-2-1-7-23-12)19-5-3-10(4-6-19)20-13-11(18-15(20)22)8-16-9-17-13/h8-10,12H,1-7H2,(H,18,22). The van der Waals surface area contributed by atoms with Gasteiger partial charge < -0.3 is 14.6 Å². The lowest BCUT2D eigenvalue weighted by Gasteiger charge is -2.33. The number of likely N-dealkylation sites (tertiary alicyclic amines) is 1. The second-order valence-electron chi connectivity index (χ2n) is 6.12. The van der Waals surface area contributed by atoms with Gasteiger partial charge in [0.25, 0.3) is 5.91 Å². The van der Waals surface area contributed by atoms with Crippen molar-refractivity contribution < 1.29 is 9.53 Å². The van der Waals surface area contributed by atoms with Crippen LogP contribution in [0.15, 0.2) is 17.3 Å². The largest absolute Gasteiger partial charge is 0.368 e. The Balaban J connectivity index is 1.49. The zero-order valence-corrected chi connectivity index (χ0v) is 12.8. The highest BCUT2D eigenvalue weighted by Crippen LogP contribution is 2.25. The van der Waals surface area contributed by atoms with Gasteiger partial charge in [-0.2, -0.15) is 0 Å². The summed E-state index contributed by atoms with van der Waals surface area (Å²) >= 11 is 0. The smallest absolute Gasteiger partial charge is 0.327 e. The van der Waals surface area contributed by atoms with Gasteiger partial charge in [0, 0.05) is 25.7 Å². The summed E-state index contributed by atoms with van der Waals surface area (Å²) in [5.74, 6) is 0.0922. The molecule has 2 fully saturated rings. The van der Waals surface area contributed by atoms with Gasteiger partial charge in [0.2, 0.25) is 0 Å². The van der Waals surface area contributed by atoms with E-state index in [1.807, 2.05) is 4.90 Å². The number of H-pyrrole nitrogens is 1. The van der Waals surface area contributed by atoms with Crippen molar-refractivity contribution >= 4 is 17.1 Å². The molecule has 8 heteroatoms. The first kappa shape index (κ1) is 14.4. The van der Waals surface area contributed by atoms with E-state index in [1.54, 1.807) is 10.8 Å². The molecule has 8 nitrogen and oxygen atoms in total. The highest BCUT2D eigenvalue weighted by atomic mass is 16.5. The second-order valence-corrected chi connectivity index (χ2v) is 6.12. The van der Waals surface area contributed by atoms with Gasteiger partial charge in [-0.15, -0.1) is 0 Å². The maximum absolute atomic E-state index is 12.4. The summed E-state index contributed by atoms with van der Waals surface area (Å²) in [7, 11) is 0. The van der Waals surface area contributed by atoms with E-state index >= 15 is 0 Å². The number of fused-ring (bicyclic) bond motifs is 1. The zero-order valence-electron chi connectivity index (χ0n) is 12.8. The third kappa shape index (κ3) is 2.52. The molecular formula is C15H19N5O3. The van der Waals surface area contributed by atoms with Gasteiger partial charge in [0.05, 0.1) is 6.20 Å². The third-order valence-corrected chi connectivity index (χ3v) is 4.73. The molecule has 0 aliphatic carbocycles. The number of imidazole rings is 1. The number of rotatable bonds is 2. The maximum Gasteiger partial charge on any atom is 0.327 e. The number of aromatic nitrogens is 4. The van der Waals surface area contributed by atoms with Gasteiger partial charge in [0.15, 0.2) is 5.65 Å². The molecule has 0 bridgehead atoms. The molecule has 4 rings (SSSR count). The highest BCUT2D eigenvalue weighted by molar-refractivity contribution is 5.81. The van der Waals surface area contributed by atoms with Gasteiger partial charge >= 0.3 is 5.69 Å². The van der Waals surface area contributed by atoms with Gasteiger partial charge in [-0.3, -0.25) is 9.36 Å². The Morgan fingerprint density at radius 3 is 2.87 bits per heavy atom. The van der Waals surface area contributed by atoms with Gasteiger partial charge in [-0.25, -0.2) is 14.8 Å². The van der Waals surface area contributed by atoms with Crippen LogP contribution in [0.4, 0.5) is 0 Å². The lowest BCUT2D eigenvalue weighted by atomic mass is 10.0. The fourth-order valence-corrected chi connectivity index (χ4v) is 3.53. The van der Waals surface area contributed by atoms with Crippen LogP contribution in [0.5, 0.6) is 0 Å². The molecule has 1 N–H and O–H groups in total. The van der Waals surface area contributed by atoms with Gasteiger partial charge in [-0.1, -0.05) is 0 Å². The van der Waals surface area contributed by atoms with Crippen molar-refractivity contribution in [2.45, 2.75) is 37.8 Å².